The number of hydroxylamine groups is 2. The van der Waals surface area contributed by atoms with E-state index in [9.17, 15) is 19.6 Å². The van der Waals surface area contributed by atoms with E-state index >= 15 is 0 Å². The second-order valence-corrected chi connectivity index (χ2v) is 5.77. The third kappa shape index (κ3) is 7.68. The normalized spacial score (nSPS) is 16.8. The van der Waals surface area contributed by atoms with Crippen molar-refractivity contribution in [1.29, 1.82) is 0 Å². The first-order valence-electron chi connectivity index (χ1n) is 5.76. The van der Waals surface area contributed by atoms with Crippen molar-refractivity contribution in [3.05, 3.63) is 0 Å². The van der Waals surface area contributed by atoms with E-state index < -0.39 is 20.2 Å². The zero-order chi connectivity index (χ0) is 14.1. The summed E-state index contributed by atoms with van der Waals surface area (Å²) in [6.07, 6.45) is -1.52. The summed E-state index contributed by atoms with van der Waals surface area (Å²) in [5.41, 5.74) is -0.321. The lowest BCUT2D eigenvalue weighted by molar-refractivity contribution is -0.156. The van der Waals surface area contributed by atoms with Crippen molar-refractivity contribution in [3.63, 3.8) is 0 Å². The van der Waals surface area contributed by atoms with Gasteiger partial charge in [-0.3, -0.25) is 10.0 Å². The molecule has 1 amide bonds. The van der Waals surface area contributed by atoms with Gasteiger partial charge in [-0.25, -0.2) is 5.06 Å². The molecule has 0 spiro atoms. The van der Waals surface area contributed by atoms with Gasteiger partial charge in [-0.1, -0.05) is 0 Å². The van der Waals surface area contributed by atoms with Crippen LogP contribution in [0.1, 0.15) is 26.7 Å². The van der Waals surface area contributed by atoms with Gasteiger partial charge in [-0.15, -0.1) is 4.52 Å². The van der Waals surface area contributed by atoms with Crippen molar-refractivity contribution >= 4 is 14.4 Å². The lowest BCUT2D eigenvalue weighted by atomic mass is 10.1. The van der Waals surface area contributed by atoms with E-state index in [0.717, 1.165) is 0 Å². The largest absolute Gasteiger partial charge is 0.511 e. The van der Waals surface area contributed by atoms with E-state index in [4.69, 9.17) is 9.73 Å². The lowest BCUT2D eigenvalue weighted by Gasteiger charge is -2.17. The number of hydrogen-bond donors (Lipinski definition) is 3. The van der Waals surface area contributed by atoms with Gasteiger partial charge >= 0.3 is 8.03 Å². The van der Waals surface area contributed by atoms with Crippen molar-refractivity contribution < 1.29 is 29.3 Å². The van der Waals surface area contributed by atoms with Crippen LogP contribution in [0.4, 0.5) is 0 Å². The van der Waals surface area contributed by atoms with Crippen LogP contribution in [0.25, 0.3) is 0 Å². The first-order valence-corrected chi connectivity index (χ1v) is 7.01. The summed E-state index contributed by atoms with van der Waals surface area (Å²) in [7, 11) is -1.83. The third-order valence-electron chi connectivity index (χ3n) is 2.29. The van der Waals surface area contributed by atoms with Crippen LogP contribution >= 0.6 is 8.03 Å². The number of aliphatic hydroxyl groups is 2. The standard InChI is InChI=1S/C10H21NO6P/c1-3-17-18(16)8(2)4-9(13)5-10(14)6-11(15)7-12/h7-10,13-15H,3-6H2,1-2H3/q+1/t8?,9-,10-/m1/s1. The SMILES string of the molecule is CCO[P+](=O)C(C)C[C@@H](O)C[C@@H](O)CN(O)C=O. The summed E-state index contributed by atoms with van der Waals surface area (Å²) < 4.78 is 16.4. The number of amides is 1. The fraction of sp³-hybridized carbons (Fsp3) is 0.900. The van der Waals surface area contributed by atoms with Crippen LogP contribution in [0.3, 0.4) is 0 Å². The molecule has 3 N–H and O–H groups in total. The fourth-order valence-corrected chi connectivity index (χ4v) is 2.40. The molecule has 7 nitrogen and oxygen atoms in total. The molecule has 18 heavy (non-hydrogen) atoms. The highest BCUT2D eigenvalue weighted by molar-refractivity contribution is 7.40. The molecule has 0 aromatic heterocycles. The van der Waals surface area contributed by atoms with Crippen LogP contribution < -0.4 is 0 Å². The molecule has 0 fully saturated rings. The van der Waals surface area contributed by atoms with E-state index in [-0.39, 0.29) is 31.5 Å². The zero-order valence-corrected chi connectivity index (χ0v) is 11.5. The van der Waals surface area contributed by atoms with E-state index in [1.807, 2.05) is 0 Å². The van der Waals surface area contributed by atoms with Crippen molar-refractivity contribution in [2.45, 2.75) is 44.6 Å². The Kier molecular flexibility index (Phi) is 9.05. The first kappa shape index (κ1) is 17.4. The van der Waals surface area contributed by atoms with Gasteiger partial charge in [0.15, 0.2) is 5.66 Å². The number of rotatable bonds is 10. The Morgan fingerprint density at radius 3 is 2.44 bits per heavy atom. The molecule has 0 aliphatic rings. The van der Waals surface area contributed by atoms with E-state index in [2.05, 4.69) is 0 Å². The molecule has 4 atom stereocenters. The van der Waals surface area contributed by atoms with Crippen molar-refractivity contribution in [1.82, 2.24) is 5.06 Å². The van der Waals surface area contributed by atoms with Crippen LogP contribution in [-0.2, 0) is 13.9 Å². The Hall–Kier alpha value is -0.590. The fourth-order valence-electron chi connectivity index (χ4n) is 1.48. The Balaban J connectivity index is 3.98. The average Bonchev–Trinajstić information content (AvgIpc) is 2.28. The van der Waals surface area contributed by atoms with E-state index in [0.29, 0.717) is 11.7 Å². The molecule has 0 rings (SSSR count). The Morgan fingerprint density at radius 2 is 1.94 bits per heavy atom. The molecule has 0 aromatic rings. The van der Waals surface area contributed by atoms with Crippen LogP contribution in [0.15, 0.2) is 0 Å². The van der Waals surface area contributed by atoms with Crippen molar-refractivity contribution in [2.24, 2.45) is 0 Å². The van der Waals surface area contributed by atoms with Crippen molar-refractivity contribution in [2.75, 3.05) is 13.2 Å². The van der Waals surface area contributed by atoms with Crippen molar-refractivity contribution in [3.8, 4) is 0 Å². The number of nitrogens with zero attached hydrogens (tertiary/aromatic N) is 1. The summed E-state index contributed by atoms with van der Waals surface area (Å²) in [6, 6.07) is 0. The topological polar surface area (TPSA) is 107 Å². The molecule has 0 heterocycles. The predicted octanol–water partition coefficient (Wildman–Crippen LogP) is 0.503. The smallest absolute Gasteiger partial charge is 0.393 e. The Labute approximate surface area is 107 Å². The molecule has 106 valence electrons. The van der Waals surface area contributed by atoms with Gasteiger partial charge in [-0.2, -0.15) is 0 Å². The monoisotopic (exact) mass is 282 g/mol. The molecule has 0 aliphatic carbocycles. The second-order valence-electron chi connectivity index (χ2n) is 4.06. The summed E-state index contributed by atoms with van der Waals surface area (Å²) in [4.78, 5) is 10.1. The minimum atomic E-state index is -1.83. The molecular weight excluding hydrogens is 261 g/mol. The lowest BCUT2D eigenvalue weighted by Crippen LogP contribution is -2.31. The maximum absolute atomic E-state index is 11.4. The molecule has 0 saturated heterocycles. The molecule has 0 bridgehead atoms. The van der Waals surface area contributed by atoms with E-state index in [1.165, 1.54) is 0 Å². The highest BCUT2D eigenvalue weighted by Crippen LogP contribution is 2.32. The molecule has 2 unspecified atom stereocenters. The minimum absolute atomic E-state index is 0.00939. The van der Waals surface area contributed by atoms with Gasteiger partial charge < -0.3 is 10.2 Å². The number of aliphatic hydroxyl groups excluding tert-OH is 2. The highest BCUT2D eigenvalue weighted by Gasteiger charge is 2.30. The average molecular weight is 282 g/mol. The number of carbonyl (C=O) groups is 1. The molecule has 0 aromatic carbocycles. The van der Waals surface area contributed by atoms with Gasteiger partial charge in [0, 0.05) is 12.8 Å². The third-order valence-corrected chi connectivity index (χ3v) is 3.74. The number of carbonyl (C=O) groups excluding carboxylic acids is 1. The predicted molar refractivity (Wildman–Crippen MR) is 64.5 cm³/mol. The molecule has 8 heteroatoms. The summed E-state index contributed by atoms with van der Waals surface area (Å²) in [6.45, 7) is 3.49. The summed E-state index contributed by atoms with van der Waals surface area (Å²) in [5.74, 6) is 0. The molecule has 0 radical (unpaired) electrons. The Bertz CT molecular complexity index is 265. The Morgan fingerprint density at radius 1 is 1.33 bits per heavy atom. The summed E-state index contributed by atoms with van der Waals surface area (Å²) in [5, 5.41) is 28.3. The van der Waals surface area contributed by atoms with Gasteiger partial charge in [0.1, 0.15) is 0 Å². The molecule has 0 aliphatic heterocycles. The first-order chi connectivity index (χ1) is 8.40. The van der Waals surface area contributed by atoms with Gasteiger partial charge in [0.25, 0.3) is 0 Å². The highest BCUT2D eigenvalue weighted by atomic mass is 31.1. The van der Waals surface area contributed by atoms with Crippen LogP contribution in [0, 0.1) is 0 Å². The van der Waals surface area contributed by atoms with Gasteiger partial charge in [-0.05, 0) is 18.4 Å². The van der Waals surface area contributed by atoms with Gasteiger partial charge in [0.05, 0.1) is 25.4 Å². The van der Waals surface area contributed by atoms with Gasteiger partial charge in [0.2, 0.25) is 6.41 Å². The van der Waals surface area contributed by atoms with E-state index in [1.54, 1.807) is 13.8 Å². The quantitative estimate of drug-likeness (QED) is 0.233. The minimum Gasteiger partial charge on any atom is -0.393 e. The molecular formula is C10H21NO6P+. The summed E-state index contributed by atoms with van der Waals surface area (Å²) >= 11 is 0. The number of hydrogen-bond acceptors (Lipinski definition) is 6. The maximum atomic E-state index is 11.4. The second kappa shape index (κ2) is 9.35. The van der Waals surface area contributed by atoms with Crippen LogP contribution in [-0.4, -0.2) is 57.9 Å². The van der Waals surface area contributed by atoms with Crippen LogP contribution in [0.5, 0.6) is 0 Å². The molecule has 0 saturated carbocycles. The van der Waals surface area contributed by atoms with Crippen LogP contribution in [0.2, 0.25) is 0 Å². The maximum Gasteiger partial charge on any atom is 0.511 e. The zero-order valence-electron chi connectivity index (χ0n) is 10.6.